The van der Waals surface area contributed by atoms with Crippen LogP contribution in [-0.4, -0.2) is 27.3 Å². The van der Waals surface area contributed by atoms with Crippen LogP contribution in [0.3, 0.4) is 0 Å². The third-order valence-electron chi connectivity index (χ3n) is 3.54. The van der Waals surface area contributed by atoms with Crippen LogP contribution in [0, 0.1) is 5.92 Å². The fraction of sp³-hybridized carbons (Fsp3) is 0.500. The van der Waals surface area contributed by atoms with Crippen LogP contribution in [0.5, 0.6) is 0 Å². The SMILES string of the molecule is C=C(/C=C1/CCCCC(C2SC(N)=NC2=O)[C]1=[W])OC. The minimum absolute atomic E-state index is 0.0805. The number of rotatable bonds is 3. The van der Waals surface area contributed by atoms with Crippen LogP contribution >= 0.6 is 11.8 Å². The zero-order chi connectivity index (χ0) is 14.7. The number of carbonyl (C=O) groups excluding carboxylic acids is 1. The molecule has 1 heterocycles. The molecule has 6 heteroatoms. The van der Waals surface area contributed by atoms with Gasteiger partial charge in [0, 0.05) is 0 Å². The molecule has 1 amide bonds. The van der Waals surface area contributed by atoms with E-state index in [-0.39, 0.29) is 17.1 Å². The molecular formula is C14H18N2O2SW. The Kier molecular flexibility index (Phi) is 5.39. The molecule has 0 radical (unpaired) electrons. The molecule has 1 aliphatic heterocycles. The predicted molar refractivity (Wildman–Crippen MR) is 79.2 cm³/mol. The zero-order valence-electron chi connectivity index (χ0n) is 11.4. The summed E-state index contributed by atoms with van der Waals surface area (Å²) in [4.78, 5) is 15.8. The van der Waals surface area contributed by atoms with Crippen LogP contribution in [-0.2, 0) is 28.9 Å². The van der Waals surface area contributed by atoms with Crippen molar-refractivity contribution >= 4 is 26.7 Å². The van der Waals surface area contributed by atoms with Crippen molar-refractivity contribution in [3.05, 3.63) is 24.0 Å². The van der Waals surface area contributed by atoms with Gasteiger partial charge in [-0.1, -0.05) is 0 Å². The van der Waals surface area contributed by atoms with Gasteiger partial charge < -0.3 is 0 Å². The molecule has 2 unspecified atom stereocenters. The van der Waals surface area contributed by atoms with Crippen molar-refractivity contribution in [2.24, 2.45) is 16.6 Å². The van der Waals surface area contributed by atoms with Gasteiger partial charge in [-0.25, -0.2) is 0 Å². The van der Waals surface area contributed by atoms with Crippen molar-refractivity contribution in [1.82, 2.24) is 0 Å². The number of hydrogen-bond acceptors (Lipinski definition) is 4. The number of amidine groups is 1. The van der Waals surface area contributed by atoms with Gasteiger partial charge >= 0.3 is 134 Å². The summed E-state index contributed by atoms with van der Waals surface area (Å²) in [7, 11) is 1.63. The van der Waals surface area contributed by atoms with E-state index in [1.54, 1.807) is 7.11 Å². The molecule has 2 aliphatic rings. The standard InChI is InChI=1S/C14H18N2O2S.W/c1-9(18-2)7-10-5-3-4-6-11(8-10)12-13(17)16-14(15)19-12;/h7,11-12H,1,3-6H2,2H3,(H2,15,16,17);/b10-7-;. The molecule has 4 nitrogen and oxygen atoms in total. The van der Waals surface area contributed by atoms with Gasteiger partial charge in [-0.3, -0.25) is 0 Å². The number of ether oxygens (including phenoxy) is 1. The Morgan fingerprint density at radius 2 is 2.35 bits per heavy atom. The second-order valence-corrected chi connectivity index (χ2v) is 7.63. The van der Waals surface area contributed by atoms with Gasteiger partial charge in [0.2, 0.25) is 0 Å². The Hall–Kier alpha value is -0.672. The van der Waals surface area contributed by atoms with E-state index >= 15 is 0 Å². The number of carbonyl (C=O) groups is 1. The van der Waals surface area contributed by atoms with E-state index in [2.05, 4.69) is 11.6 Å². The molecular weight excluding hydrogens is 444 g/mol. The zero-order valence-corrected chi connectivity index (χ0v) is 15.2. The van der Waals surface area contributed by atoms with Crippen LogP contribution in [0.1, 0.15) is 25.7 Å². The molecule has 0 saturated heterocycles. The summed E-state index contributed by atoms with van der Waals surface area (Å²) in [6.45, 7) is 3.86. The van der Waals surface area contributed by atoms with E-state index in [1.807, 2.05) is 6.08 Å². The van der Waals surface area contributed by atoms with E-state index in [4.69, 9.17) is 10.5 Å². The van der Waals surface area contributed by atoms with Crippen LogP contribution in [0.25, 0.3) is 0 Å². The summed E-state index contributed by atoms with van der Waals surface area (Å²) >= 11 is 2.81. The number of thioether (sulfide) groups is 1. The first-order chi connectivity index (χ1) is 9.52. The molecule has 2 rings (SSSR count). The van der Waals surface area contributed by atoms with E-state index in [0.29, 0.717) is 10.9 Å². The molecule has 0 aromatic carbocycles. The van der Waals surface area contributed by atoms with Gasteiger partial charge in [0.25, 0.3) is 0 Å². The minimum atomic E-state index is -0.139. The van der Waals surface area contributed by atoms with E-state index < -0.39 is 0 Å². The Bertz CT molecular complexity index is 513. The Morgan fingerprint density at radius 3 is 2.95 bits per heavy atom. The number of nitrogens with two attached hydrogens (primary N) is 1. The van der Waals surface area contributed by atoms with Crippen LogP contribution in [0.15, 0.2) is 29.0 Å². The van der Waals surface area contributed by atoms with Crippen LogP contribution in [0.2, 0.25) is 0 Å². The molecule has 0 aromatic rings. The predicted octanol–water partition coefficient (Wildman–Crippen LogP) is 1.94. The van der Waals surface area contributed by atoms with E-state index in [0.717, 1.165) is 25.7 Å². The van der Waals surface area contributed by atoms with Crippen molar-refractivity contribution in [3.63, 3.8) is 0 Å². The average molecular weight is 462 g/mol. The fourth-order valence-electron chi connectivity index (χ4n) is 2.49. The van der Waals surface area contributed by atoms with Gasteiger partial charge in [0.15, 0.2) is 0 Å². The Morgan fingerprint density at radius 1 is 1.60 bits per heavy atom. The van der Waals surface area contributed by atoms with Gasteiger partial charge in [-0.05, 0) is 0 Å². The van der Waals surface area contributed by atoms with Crippen LogP contribution < -0.4 is 5.73 Å². The summed E-state index contributed by atoms with van der Waals surface area (Å²) in [5.41, 5.74) is 6.96. The van der Waals surface area contributed by atoms with Crippen molar-refractivity contribution in [2.45, 2.75) is 30.9 Å². The number of amides is 1. The summed E-state index contributed by atoms with van der Waals surface area (Å²) < 4.78 is 6.48. The molecule has 2 N–H and O–H groups in total. The maximum atomic E-state index is 12.0. The number of allylic oxidation sites excluding steroid dienone is 2. The quantitative estimate of drug-likeness (QED) is 0.515. The topological polar surface area (TPSA) is 64.7 Å². The summed E-state index contributed by atoms with van der Waals surface area (Å²) in [5.74, 6) is 0.828. The fourth-order valence-corrected chi connectivity index (χ4v) is 5.32. The third kappa shape index (κ3) is 3.50. The molecule has 1 fully saturated rings. The maximum absolute atomic E-state index is 12.0. The Labute approximate surface area is 134 Å². The first-order valence-corrected chi connectivity index (χ1v) is 8.90. The van der Waals surface area contributed by atoms with Crippen molar-refractivity contribution < 1.29 is 28.9 Å². The van der Waals surface area contributed by atoms with E-state index in [9.17, 15) is 4.79 Å². The van der Waals surface area contributed by atoms with E-state index in [1.165, 1.54) is 40.6 Å². The second kappa shape index (κ2) is 6.86. The first kappa shape index (κ1) is 15.7. The number of methoxy groups -OCH3 is 1. The second-order valence-electron chi connectivity index (χ2n) is 4.88. The molecule has 1 aliphatic carbocycles. The van der Waals surface area contributed by atoms with Crippen molar-refractivity contribution in [1.29, 1.82) is 0 Å². The molecule has 0 aromatic heterocycles. The molecule has 1 saturated carbocycles. The molecule has 2 atom stereocenters. The van der Waals surface area contributed by atoms with Gasteiger partial charge in [0.1, 0.15) is 0 Å². The van der Waals surface area contributed by atoms with Crippen molar-refractivity contribution in [2.75, 3.05) is 7.11 Å². The van der Waals surface area contributed by atoms with Crippen LogP contribution in [0.4, 0.5) is 0 Å². The Balaban J connectivity index is 2.21. The number of hydrogen-bond donors (Lipinski definition) is 1. The molecule has 20 heavy (non-hydrogen) atoms. The molecule has 108 valence electrons. The third-order valence-corrected chi connectivity index (χ3v) is 6.69. The van der Waals surface area contributed by atoms with Gasteiger partial charge in [-0.2, -0.15) is 0 Å². The molecule has 0 spiro atoms. The first-order valence-electron chi connectivity index (χ1n) is 6.55. The summed E-state index contributed by atoms with van der Waals surface area (Å²) in [5, 5.41) is 0.263. The normalized spacial score (nSPS) is 29.2. The van der Waals surface area contributed by atoms with Crippen molar-refractivity contribution in [3.8, 4) is 0 Å². The summed E-state index contributed by atoms with van der Waals surface area (Å²) in [6, 6.07) is 0. The van der Waals surface area contributed by atoms with Gasteiger partial charge in [-0.15, -0.1) is 0 Å². The van der Waals surface area contributed by atoms with Gasteiger partial charge in [0.05, 0.1) is 0 Å². The summed E-state index contributed by atoms with van der Waals surface area (Å²) in [6.07, 6.45) is 6.33. The monoisotopic (exact) mass is 462 g/mol. The number of aliphatic imine (C=N–C) groups is 1. The molecule has 0 bridgehead atoms. The average Bonchev–Trinajstić information content (AvgIpc) is 2.64. The number of nitrogens with zero attached hydrogens (tertiary/aromatic N) is 1.